The van der Waals surface area contributed by atoms with Gasteiger partial charge < -0.3 is 14.8 Å². The summed E-state index contributed by atoms with van der Waals surface area (Å²) in [4.78, 5) is 17.2. The summed E-state index contributed by atoms with van der Waals surface area (Å²) in [6.45, 7) is 6.37. The molecule has 18 heavy (non-hydrogen) atoms. The van der Waals surface area contributed by atoms with Crippen molar-refractivity contribution in [3.63, 3.8) is 0 Å². The number of ether oxygens (including phenoxy) is 1. The Morgan fingerprint density at radius 1 is 1.56 bits per heavy atom. The van der Waals surface area contributed by atoms with Gasteiger partial charge in [0.15, 0.2) is 5.43 Å². The van der Waals surface area contributed by atoms with Crippen LogP contribution < -0.4 is 5.43 Å². The number of aliphatic hydroxyl groups is 1. The first kappa shape index (κ1) is 13.3. The summed E-state index contributed by atoms with van der Waals surface area (Å²) in [6, 6.07) is 0.0166. The van der Waals surface area contributed by atoms with Crippen LogP contribution in [0.15, 0.2) is 11.0 Å². The number of aliphatic hydroxyl groups excluding tert-OH is 1. The third-order valence-electron chi connectivity index (χ3n) is 3.54. The second kappa shape index (κ2) is 5.65. The van der Waals surface area contributed by atoms with Crippen LogP contribution in [-0.4, -0.2) is 47.4 Å². The van der Waals surface area contributed by atoms with Crippen molar-refractivity contribution < 1.29 is 9.84 Å². The Bertz CT molecular complexity index is 470. The number of nitrogens with one attached hydrogen (secondary N) is 1. The number of hydrogen-bond acceptors (Lipinski definition) is 4. The van der Waals surface area contributed by atoms with Gasteiger partial charge in [0, 0.05) is 36.1 Å². The Morgan fingerprint density at radius 2 is 2.33 bits per heavy atom. The molecule has 0 amide bonds. The minimum Gasteiger partial charge on any atom is -0.395 e. The number of pyridine rings is 1. The molecule has 0 spiro atoms. The highest BCUT2D eigenvalue weighted by molar-refractivity contribution is 5.23. The number of morpholine rings is 1. The van der Waals surface area contributed by atoms with Crippen LogP contribution in [0.5, 0.6) is 0 Å². The van der Waals surface area contributed by atoms with Crippen LogP contribution in [0.3, 0.4) is 0 Å². The molecule has 1 saturated heterocycles. The number of hydrogen-bond donors (Lipinski definition) is 2. The highest BCUT2D eigenvalue weighted by Gasteiger charge is 2.23. The molecule has 1 aliphatic rings. The van der Waals surface area contributed by atoms with Gasteiger partial charge in [-0.1, -0.05) is 0 Å². The number of rotatable bonds is 3. The number of aryl methyl sites for hydroxylation is 1. The second-order valence-corrected chi connectivity index (χ2v) is 4.79. The molecule has 0 aliphatic carbocycles. The lowest BCUT2D eigenvalue weighted by Crippen LogP contribution is -2.47. The molecule has 0 saturated carbocycles. The summed E-state index contributed by atoms with van der Waals surface area (Å²) in [6.07, 6.45) is 1.75. The van der Waals surface area contributed by atoms with Crippen LogP contribution >= 0.6 is 0 Å². The average molecular weight is 252 g/mol. The molecule has 5 heteroatoms. The first-order valence-electron chi connectivity index (χ1n) is 6.24. The number of H-pyrrole nitrogens is 1. The Morgan fingerprint density at radius 3 is 3.06 bits per heavy atom. The molecule has 1 atom stereocenters. The number of aromatic nitrogens is 1. The fourth-order valence-electron chi connectivity index (χ4n) is 2.23. The molecule has 0 radical (unpaired) electrons. The van der Waals surface area contributed by atoms with Gasteiger partial charge in [0.1, 0.15) is 0 Å². The van der Waals surface area contributed by atoms with E-state index < -0.39 is 0 Å². The summed E-state index contributed by atoms with van der Waals surface area (Å²) in [5.74, 6) is 0. The van der Waals surface area contributed by atoms with Gasteiger partial charge in [-0.3, -0.25) is 9.69 Å². The molecular weight excluding hydrogens is 232 g/mol. The SMILES string of the molecule is Cc1c[nH]c(CN2CCOCC2CO)c(C)c1=O. The van der Waals surface area contributed by atoms with Gasteiger partial charge in [0.05, 0.1) is 25.9 Å². The van der Waals surface area contributed by atoms with Crippen molar-refractivity contribution in [1.82, 2.24) is 9.88 Å². The van der Waals surface area contributed by atoms with Gasteiger partial charge in [0.2, 0.25) is 0 Å². The normalized spacial score (nSPS) is 21.2. The van der Waals surface area contributed by atoms with E-state index in [1.54, 1.807) is 13.1 Å². The standard InChI is InChI=1S/C13H20N2O3/c1-9-5-14-12(10(2)13(9)17)6-15-3-4-18-8-11(15)7-16/h5,11,16H,3-4,6-8H2,1-2H3,(H,14,17). The summed E-state index contributed by atoms with van der Waals surface area (Å²) >= 11 is 0. The number of nitrogens with zero attached hydrogens (tertiary/aromatic N) is 1. The molecule has 1 aliphatic heterocycles. The highest BCUT2D eigenvalue weighted by Crippen LogP contribution is 2.12. The van der Waals surface area contributed by atoms with Crippen LogP contribution in [0, 0.1) is 13.8 Å². The van der Waals surface area contributed by atoms with Crippen LogP contribution in [0.1, 0.15) is 16.8 Å². The van der Waals surface area contributed by atoms with E-state index in [1.165, 1.54) is 0 Å². The summed E-state index contributed by atoms with van der Waals surface area (Å²) in [5, 5.41) is 9.31. The average Bonchev–Trinajstić information content (AvgIpc) is 2.40. The maximum absolute atomic E-state index is 11.9. The molecule has 100 valence electrons. The third kappa shape index (κ3) is 2.63. The Balaban J connectivity index is 2.18. The lowest BCUT2D eigenvalue weighted by Gasteiger charge is -2.34. The first-order valence-corrected chi connectivity index (χ1v) is 6.24. The molecule has 1 aromatic rings. The minimum absolute atomic E-state index is 0.0166. The van der Waals surface area contributed by atoms with Crippen LogP contribution in [0.4, 0.5) is 0 Å². The molecule has 2 heterocycles. The van der Waals surface area contributed by atoms with Crippen LogP contribution in [0.25, 0.3) is 0 Å². The molecular formula is C13H20N2O3. The molecule has 1 aromatic heterocycles. The van der Waals surface area contributed by atoms with Crippen LogP contribution in [-0.2, 0) is 11.3 Å². The van der Waals surface area contributed by atoms with E-state index in [-0.39, 0.29) is 18.1 Å². The summed E-state index contributed by atoms with van der Waals surface area (Å²) in [5.41, 5.74) is 2.51. The molecule has 2 rings (SSSR count). The predicted octanol–water partition coefficient (Wildman–Crippen LogP) is 0.185. The highest BCUT2D eigenvalue weighted by atomic mass is 16.5. The van der Waals surface area contributed by atoms with Gasteiger partial charge in [-0.2, -0.15) is 0 Å². The van der Waals surface area contributed by atoms with E-state index in [9.17, 15) is 9.90 Å². The topological polar surface area (TPSA) is 65.6 Å². The Kier molecular flexibility index (Phi) is 4.16. The van der Waals surface area contributed by atoms with E-state index in [0.29, 0.717) is 19.8 Å². The van der Waals surface area contributed by atoms with E-state index in [0.717, 1.165) is 23.4 Å². The minimum atomic E-state index is 0.0166. The summed E-state index contributed by atoms with van der Waals surface area (Å²) in [7, 11) is 0. The maximum atomic E-state index is 11.9. The van der Waals surface area contributed by atoms with Crippen molar-refractivity contribution in [2.24, 2.45) is 0 Å². The largest absolute Gasteiger partial charge is 0.395 e. The predicted molar refractivity (Wildman–Crippen MR) is 68.6 cm³/mol. The lowest BCUT2D eigenvalue weighted by molar-refractivity contribution is -0.0318. The van der Waals surface area contributed by atoms with Crippen LogP contribution in [0.2, 0.25) is 0 Å². The quantitative estimate of drug-likeness (QED) is 0.805. The van der Waals surface area contributed by atoms with E-state index in [2.05, 4.69) is 9.88 Å². The first-order chi connectivity index (χ1) is 8.63. The molecule has 1 unspecified atom stereocenters. The smallest absolute Gasteiger partial charge is 0.187 e. The molecule has 0 bridgehead atoms. The number of aromatic amines is 1. The van der Waals surface area contributed by atoms with Gasteiger partial charge in [0.25, 0.3) is 0 Å². The van der Waals surface area contributed by atoms with Crippen molar-refractivity contribution in [3.05, 3.63) is 33.2 Å². The van der Waals surface area contributed by atoms with E-state index in [1.807, 2.05) is 6.92 Å². The lowest BCUT2D eigenvalue weighted by atomic mass is 10.1. The maximum Gasteiger partial charge on any atom is 0.187 e. The summed E-state index contributed by atoms with van der Waals surface area (Å²) < 4.78 is 5.34. The molecule has 2 N–H and O–H groups in total. The van der Waals surface area contributed by atoms with Gasteiger partial charge >= 0.3 is 0 Å². The van der Waals surface area contributed by atoms with Crippen molar-refractivity contribution in [2.75, 3.05) is 26.4 Å². The molecule has 5 nitrogen and oxygen atoms in total. The van der Waals surface area contributed by atoms with Crippen molar-refractivity contribution in [1.29, 1.82) is 0 Å². The van der Waals surface area contributed by atoms with E-state index >= 15 is 0 Å². The zero-order valence-electron chi connectivity index (χ0n) is 10.9. The Hall–Kier alpha value is -1.17. The van der Waals surface area contributed by atoms with Gasteiger partial charge in [-0.25, -0.2) is 0 Å². The zero-order chi connectivity index (χ0) is 13.1. The van der Waals surface area contributed by atoms with E-state index in [4.69, 9.17) is 4.74 Å². The zero-order valence-corrected chi connectivity index (χ0v) is 10.9. The monoisotopic (exact) mass is 252 g/mol. The third-order valence-corrected chi connectivity index (χ3v) is 3.54. The molecule has 0 aromatic carbocycles. The van der Waals surface area contributed by atoms with Crippen molar-refractivity contribution >= 4 is 0 Å². The van der Waals surface area contributed by atoms with Gasteiger partial charge in [-0.05, 0) is 13.8 Å². The second-order valence-electron chi connectivity index (χ2n) is 4.79. The van der Waals surface area contributed by atoms with Crippen molar-refractivity contribution in [2.45, 2.75) is 26.4 Å². The fraction of sp³-hybridized carbons (Fsp3) is 0.615. The van der Waals surface area contributed by atoms with Gasteiger partial charge in [-0.15, -0.1) is 0 Å². The Labute approximate surface area is 106 Å². The molecule has 1 fully saturated rings. The fourth-order valence-corrected chi connectivity index (χ4v) is 2.23. The van der Waals surface area contributed by atoms with Crippen molar-refractivity contribution in [3.8, 4) is 0 Å².